The Hall–Kier alpha value is -1.81. The van der Waals surface area contributed by atoms with Gasteiger partial charge in [-0.3, -0.25) is 4.79 Å². The van der Waals surface area contributed by atoms with Crippen molar-refractivity contribution in [2.45, 2.75) is 26.3 Å². The number of aromatic nitrogens is 1. The molecule has 0 radical (unpaired) electrons. The smallest absolute Gasteiger partial charge is 0.307 e. The van der Waals surface area contributed by atoms with Gasteiger partial charge in [0.1, 0.15) is 0 Å². The molecule has 0 bridgehead atoms. The molecule has 4 heteroatoms. The van der Waals surface area contributed by atoms with Crippen LogP contribution in [0.5, 0.6) is 0 Å². The number of hydrogen-bond acceptors (Lipinski definition) is 2. The Morgan fingerprint density at radius 1 is 1.40 bits per heavy atom. The second-order valence-corrected chi connectivity index (χ2v) is 5.78. The Kier molecular flexibility index (Phi) is 3.05. The summed E-state index contributed by atoms with van der Waals surface area (Å²) in [6.45, 7) is 4.83. The predicted octanol–water partition coefficient (Wildman–Crippen LogP) is 2.53. The number of carboxylic acids is 1. The summed E-state index contributed by atoms with van der Waals surface area (Å²) in [4.78, 5) is 11.0. The minimum atomic E-state index is -0.702. The zero-order chi connectivity index (χ0) is 14.4. The first kappa shape index (κ1) is 13.2. The van der Waals surface area contributed by atoms with Crippen LogP contribution in [0.4, 0.5) is 0 Å². The maximum Gasteiger partial charge on any atom is 0.307 e. The molecule has 4 nitrogen and oxygen atoms in total. The number of fused-ring (bicyclic) bond motifs is 1. The van der Waals surface area contributed by atoms with Crippen LogP contribution in [0.2, 0.25) is 0 Å². The van der Waals surface area contributed by atoms with Gasteiger partial charge in [0.05, 0.1) is 5.92 Å². The minimum Gasteiger partial charge on any atom is -0.481 e. The molecule has 106 valence electrons. The van der Waals surface area contributed by atoms with Gasteiger partial charge in [0.15, 0.2) is 0 Å². The van der Waals surface area contributed by atoms with E-state index in [9.17, 15) is 4.79 Å². The van der Waals surface area contributed by atoms with Gasteiger partial charge in [-0.05, 0) is 37.5 Å². The van der Waals surface area contributed by atoms with Gasteiger partial charge in [0.25, 0.3) is 0 Å². The molecule has 1 aliphatic rings. The Morgan fingerprint density at radius 3 is 2.80 bits per heavy atom. The molecule has 1 aliphatic heterocycles. The molecule has 0 amide bonds. The molecule has 20 heavy (non-hydrogen) atoms. The summed E-state index contributed by atoms with van der Waals surface area (Å²) in [7, 11) is 2.08. The van der Waals surface area contributed by atoms with Gasteiger partial charge in [0, 0.05) is 36.2 Å². The lowest BCUT2D eigenvalue weighted by molar-refractivity contribution is -0.141. The Balaban J connectivity index is 1.98. The van der Waals surface area contributed by atoms with Crippen molar-refractivity contribution in [1.82, 2.24) is 9.88 Å². The van der Waals surface area contributed by atoms with E-state index in [4.69, 9.17) is 5.11 Å². The third kappa shape index (κ3) is 1.91. The van der Waals surface area contributed by atoms with Crippen LogP contribution >= 0.6 is 0 Å². The first-order valence-electron chi connectivity index (χ1n) is 7.00. The molecule has 1 saturated heterocycles. The lowest BCUT2D eigenvalue weighted by atomic mass is 9.99. The maximum atomic E-state index is 11.0. The van der Waals surface area contributed by atoms with E-state index in [1.165, 1.54) is 27.7 Å². The molecule has 2 unspecified atom stereocenters. The zero-order valence-electron chi connectivity index (χ0n) is 12.1. The van der Waals surface area contributed by atoms with Gasteiger partial charge in [-0.2, -0.15) is 0 Å². The fourth-order valence-corrected chi connectivity index (χ4v) is 3.16. The van der Waals surface area contributed by atoms with Crippen LogP contribution in [-0.2, 0) is 11.8 Å². The largest absolute Gasteiger partial charge is 0.481 e. The number of nitrogens with zero attached hydrogens (tertiary/aromatic N) is 1. The van der Waals surface area contributed by atoms with Crippen LogP contribution in [0.25, 0.3) is 10.9 Å². The highest BCUT2D eigenvalue weighted by molar-refractivity contribution is 5.86. The average Bonchev–Trinajstić information content (AvgIpc) is 3.00. The van der Waals surface area contributed by atoms with E-state index in [1.54, 1.807) is 0 Å². The lowest BCUT2D eigenvalue weighted by Crippen LogP contribution is -2.17. The standard InChI is InChI=1S/C16H20N2O2/c1-9-10(2)18(3)15-7-11(4-5-13(9)15)14-6-12(8-17-14)16(19)20/h4-5,7,12,14,17H,6,8H2,1-3H3,(H,19,20). The number of aliphatic carboxylic acids is 1. The molecule has 1 fully saturated rings. The third-order valence-electron chi connectivity index (χ3n) is 4.72. The number of nitrogens with one attached hydrogen (secondary N) is 1. The topological polar surface area (TPSA) is 54.3 Å². The van der Waals surface area contributed by atoms with Crippen molar-refractivity contribution >= 4 is 16.9 Å². The van der Waals surface area contributed by atoms with Crippen LogP contribution in [0.1, 0.15) is 29.3 Å². The lowest BCUT2D eigenvalue weighted by Gasteiger charge is -2.11. The van der Waals surface area contributed by atoms with Crippen molar-refractivity contribution in [3.63, 3.8) is 0 Å². The summed E-state index contributed by atoms with van der Waals surface area (Å²) in [5.74, 6) is -0.973. The summed E-state index contributed by atoms with van der Waals surface area (Å²) in [5.41, 5.74) is 5.00. The minimum absolute atomic E-state index is 0.149. The molecular formula is C16H20N2O2. The van der Waals surface area contributed by atoms with Crippen LogP contribution in [0, 0.1) is 19.8 Å². The first-order valence-corrected chi connectivity index (χ1v) is 7.00. The van der Waals surface area contributed by atoms with E-state index in [2.05, 4.69) is 49.0 Å². The van der Waals surface area contributed by atoms with E-state index >= 15 is 0 Å². The Labute approximate surface area is 118 Å². The van der Waals surface area contributed by atoms with Crippen LogP contribution in [0.15, 0.2) is 18.2 Å². The van der Waals surface area contributed by atoms with Gasteiger partial charge < -0.3 is 15.0 Å². The monoisotopic (exact) mass is 272 g/mol. The summed E-state index contributed by atoms with van der Waals surface area (Å²) >= 11 is 0. The zero-order valence-corrected chi connectivity index (χ0v) is 12.1. The number of aryl methyl sites for hydroxylation is 2. The highest BCUT2D eigenvalue weighted by Crippen LogP contribution is 2.31. The molecule has 2 heterocycles. The van der Waals surface area contributed by atoms with Gasteiger partial charge >= 0.3 is 5.97 Å². The third-order valence-corrected chi connectivity index (χ3v) is 4.72. The van der Waals surface area contributed by atoms with Crippen molar-refractivity contribution in [1.29, 1.82) is 0 Å². The quantitative estimate of drug-likeness (QED) is 0.883. The fraction of sp³-hybridized carbons (Fsp3) is 0.438. The number of benzene rings is 1. The average molecular weight is 272 g/mol. The molecule has 1 aromatic carbocycles. The molecule has 3 rings (SSSR count). The SMILES string of the molecule is Cc1c(C)n(C)c2cc(C3CC(C(=O)O)CN3)ccc12. The van der Waals surface area contributed by atoms with Crippen LogP contribution in [-0.4, -0.2) is 22.2 Å². The second-order valence-electron chi connectivity index (χ2n) is 5.78. The molecular weight excluding hydrogens is 252 g/mol. The van der Waals surface area contributed by atoms with E-state index in [1.807, 2.05) is 0 Å². The molecule has 2 aromatic rings. The number of hydrogen-bond donors (Lipinski definition) is 2. The van der Waals surface area contributed by atoms with Gasteiger partial charge in [-0.25, -0.2) is 0 Å². The molecule has 2 N–H and O–H groups in total. The highest BCUT2D eigenvalue weighted by atomic mass is 16.4. The predicted molar refractivity (Wildman–Crippen MR) is 78.9 cm³/mol. The Morgan fingerprint density at radius 2 is 2.15 bits per heavy atom. The van der Waals surface area contributed by atoms with Crippen molar-refractivity contribution < 1.29 is 9.90 Å². The van der Waals surface area contributed by atoms with Gasteiger partial charge in [0.2, 0.25) is 0 Å². The summed E-state index contributed by atoms with van der Waals surface area (Å²) in [5, 5.41) is 13.7. The van der Waals surface area contributed by atoms with Crippen molar-refractivity contribution in [3.05, 3.63) is 35.0 Å². The molecule has 0 spiro atoms. The Bertz CT molecular complexity index is 687. The van der Waals surface area contributed by atoms with Crippen molar-refractivity contribution in [3.8, 4) is 0 Å². The first-order chi connectivity index (χ1) is 9.49. The van der Waals surface area contributed by atoms with Crippen LogP contribution in [0.3, 0.4) is 0 Å². The molecule has 0 saturated carbocycles. The molecule has 2 atom stereocenters. The van der Waals surface area contributed by atoms with E-state index in [-0.39, 0.29) is 12.0 Å². The maximum absolute atomic E-state index is 11.0. The normalized spacial score (nSPS) is 22.6. The number of carbonyl (C=O) groups is 1. The summed E-state index contributed by atoms with van der Waals surface area (Å²) in [6.07, 6.45) is 0.670. The molecule has 0 aliphatic carbocycles. The van der Waals surface area contributed by atoms with Gasteiger partial charge in [-0.1, -0.05) is 12.1 Å². The number of rotatable bonds is 2. The van der Waals surface area contributed by atoms with E-state index in [0.717, 1.165) is 0 Å². The van der Waals surface area contributed by atoms with Gasteiger partial charge in [-0.15, -0.1) is 0 Å². The highest BCUT2D eigenvalue weighted by Gasteiger charge is 2.30. The van der Waals surface area contributed by atoms with E-state index < -0.39 is 5.97 Å². The van der Waals surface area contributed by atoms with E-state index in [0.29, 0.717) is 13.0 Å². The summed E-state index contributed by atoms with van der Waals surface area (Å²) in [6, 6.07) is 6.62. The molecule has 1 aromatic heterocycles. The van der Waals surface area contributed by atoms with Crippen molar-refractivity contribution in [2.75, 3.05) is 6.54 Å². The second kappa shape index (κ2) is 4.63. The van der Waals surface area contributed by atoms with Crippen LogP contribution < -0.4 is 5.32 Å². The fourth-order valence-electron chi connectivity index (χ4n) is 3.16. The van der Waals surface area contributed by atoms with Crippen molar-refractivity contribution in [2.24, 2.45) is 13.0 Å². The number of carboxylic acid groups (broad SMARTS) is 1. The summed E-state index contributed by atoms with van der Waals surface area (Å²) < 4.78 is 2.21.